The van der Waals surface area contributed by atoms with Crippen LogP contribution < -0.4 is 4.90 Å². The maximum absolute atomic E-state index is 8.89. The molecule has 17 heavy (non-hydrogen) atoms. The van der Waals surface area contributed by atoms with E-state index in [0.717, 1.165) is 16.1 Å². The molecule has 0 bridgehead atoms. The lowest BCUT2D eigenvalue weighted by Crippen LogP contribution is -2.17. The van der Waals surface area contributed by atoms with Crippen LogP contribution in [0.3, 0.4) is 0 Å². The van der Waals surface area contributed by atoms with Crippen molar-refractivity contribution in [3.63, 3.8) is 0 Å². The minimum atomic E-state index is -0.0749. The van der Waals surface area contributed by atoms with E-state index in [2.05, 4.69) is 37.6 Å². The van der Waals surface area contributed by atoms with Crippen LogP contribution in [0.15, 0.2) is 27.4 Å². The van der Waals surface area contributed by atoms with Gasteiger partial charge in [0.2, 0.25) is 0 Å². The van der Waals surface area contributed by atoms with Gasteiger partial charge in [-0.05, 0) is 45.1 Å². The van der Waals surface area contributed by atoms with Crippen LogP contribution in [-0.4, -0.2) is 22.4 Å². The molecule has 0 fully saturated rings. The number of aromatic nitrogens is 2. The fraction of sp³-hybridized carbons (Fsp3) is 0.273. The second-order valence-corrected chi connectivity index (χ2v) is 5.95. The number of thiophene rings is 1. The summed E-state index contributed by atoms with van der Waals surface area (Å²) in [4.78, 5) is 2.02. The molecular formula is C11H12BrN3OS. The van der Waals surface area contributed by atoms with Crippen LogP contribution in [0.5, 0.6) is 0 Å². The lowest BCUT2D eigenvalue weighted by atomic mass is 10.3. The number of aliphatic hydroxyl groups is 1. The first-order valence-corrected chi connectivity index (χ1v) is 6.74. The molecule has 1 N–H and O–H groups in total. The lowest BCUT2D eigenvalue weighted by Gasteiger charge is -2.16. The Morgan fingerprint density at radius 1 is 1.41 bits per heavy atom. The second kappa shape index (κ2) is 5.57. The van der Waals surface area contributed by atoms with E-state index < -0.39 is 0 Å². The van der Waals surface area contributed by atoms with Crippen LogP contribution in [0, 0.1) is 0 Å². The Morgan fingerprint density at radius 2 is 2.24 bits per heavy atom. The Labute approximate surface area is 112 Å². The van der Waals surface area contributed by atoms with Crippen molar-refractivity contribution in [1.29, 1.82) is 0 Å². The lowest BCUT2D eigenvalue weighted by molar-refractivity contribution is 0.275. The van der Waals surface area contributed by atoms with Crippen LogP contribution in [-0.2, 0) is 13.2 Å². The molecule has 2 rings (SSSR count). The Bertz CT molecular complexity index is 486. The molecule has 6 heteroatoms. The highest BCUT2D eigenvalue weighted by Crippen LogP contribution is 2.22. The summed E-state index contributed by atoms with van der Waals surface area (Å²) >= 11 is 5.11. The third kappa shape index (κ3) is 3.24. The highest BCUT2D eigenvalue weighted by Gasteiger charge is 2.06. The first-order valence-electron chi connectivity index (χ1n) is 5.06. The fourth-order valence-electron chi connectivity index (χ4n) is 1.42. The standard InChI is InChI=1S/C11H12BrN3OS/c1-15(5-8-4-10(12)17-7-8)11-3-2-9(6-16)13-14-11/h2-4,7,16H,5-6H2,1H3. The molecule has 0 saturated carbocycles. The third-order valence-electron chi connectivity index (χ3n) is 2.30. The Hall–Kier alpha value is -0.980. The number of hydrogen-bond donors (Lipinski definition) is 1. The molecule has 0 spiro atoms. The number of hydrogen-bond acceptors (Lipinski definition) is 5. The average molecular weight is 314 g/mol. The van der Waals surface area contributed by atoms with Gasteiger partial charge in [-0.3, -0.25) is 0 Å². The van der Waals surface area contributed by atoms with Crippen LogP contribution in [0.25, 0.3) is 0 Å². The summed E-state index contributed by atoms with van der Waals surface area (Å²) in [5, 5.41) is 19.0. The average Bonchev–Trinajstić information content (AvgIpc) is 2.75. The Balaban J connectivity index is 2.06. The van der Waals surface area contributed by atoms with Gasteiger partial charge in [0.25, 0.3) is 0 Å². The molecule has 0 radical (unpaired) electrons. The highest BCUT2D eigenvalue weighted by molar-refractivity contribution is 9.11. The van der Waals surface area contributed by atoms with Gasteiger partial charge in [0.15, 0.2) is 5.82 Å². The number of nitrogens with zero attached hydrogens (tertiary/aromatic N) is 3. The van der Waals surface area contributed by atoms with E-state index in [0.29, 0.717) is 5.69 Å². The van der Waals surface area contributed by atoms with Crippen molar-refractivity contribution in [1.82, 2.24) is 10.2 Å². The number of aliphatic hydroxyl groups excluding tert-OH is 1. The maximum Gasteiger partial charge on any atom is 0.151 e. The summed E-state index contributed by atoms with van der Waals surface area (Å²) in [6, 6.07) is 5.74. The van der Waals surface area contributed by atoms with Crippen LogP contribution in [0.1, 0.15) is 11.3 Å². The largest absolute Gasteiger partial charge is 0.390 e. The van der Waals surface area contributed by atoms with E-state index in [4.69, 9.17) is 5.11 Å². The zero-order valence-corrected chi connectivity index (χ0v) is 11.7. The molecule has 0 aliphatic carbocycles. The van der Waals surface area contributed by atoms with Crippen molar-refractivity contribution in [2.24, 2.45) is 0 Å². The third-order valence-corrected chi connectivity index (χ3v) is 3.85. The predicted octanol–water partition coefficient (Wildman–Crippen LogP) is 2.43. The van der Waals surface area contributed by atoms with Gasteiger partial charge in [0, 0.05) is 13.6 Å². The molecule has 0 atom stereocenters. The van der Waals surface area contributed by atoms with Crippen molar-refractivity contribution in [2.45, 2.75) is 13.2 Å². The van der Waals surface area contributed by atoms with E-state index in [1.165, 1.54) is 5.56 Å². The molecule has 2 heterocycles. The summed E-state index contributed by atoms with van der Waals surface area (Å²) in [5.74, 6) is 0.796. The van der Waals surface area contributed by atoms with Crippen LogP contribution in [0.2, 0.25) is 0 Å². The summed E-state index contributed by atoms with van der Waals surface area (Å²) in [6.45, 7) is 0.712. The summed E-state index contributed by atoms with van der Waals surface area (Å²) in [6.07, 6.45) is 0. The number of rotatable bonds is 4. The predicted molar refractivity (Wildman–Crippen MR) is 72.1 cm³/mol. The van der Waals surface area contributed by atoms with E-state index >= 15 is 0 Å². The minimum absolute atomic E-state index is 0.0749. The molecule has 4 nitrogen and oxygen atoms in total. The molecule has 0 aromatic carbocycles. The van der Waals surface area contributed by atoms with Crippen molar-refractivity contribution in [2.75, 3.05) is 11.9 Å². The molecule has 2 aromatic rings. The smallest absolute Gasteiger partial charge is 0.151 e. The number of anilines is 1. The molecule has 0 saturated heterocycles. The van der Waals surface area contributed by atoms with E-state index in [1.54, 1.807) is 17.4 Å². The molecule has 90 valence electrons. The van der Waals surface area contributed by atoms with Crippen LogP contribution in [0.4, 0.5) is 5.82 Å². The number of halogens is 1. The van der Waals surface area contributed by atoms with Gasteiger partial charge in [-0.1, -0.05) is 0 Å². The highest BCUT2D eigenvalue weighted by atomic mass is 79.9. The normalized spacial score (nSPS) is 10.5. The van der Waals surface area contributed by atoms with Crippen LogP contribution >= 0.6 is 27.3 Å². The van der Waals surface area contributed by atoms with Gasteiger partial charge in [-0.15, -0.1) is 16.4 Å². The van der Waals surface area contributed by atoms with Gasteiger partial charge < -0.3 is 10.0 Å². The molecule has 0 unspecified atom stereocenters. The monoisotopic (exact) mass is 313 g/mol. The molecule has 2 aromatic heterocycles. The van der Waals surface area contributed by atoms with Gasteiger partial charge in [0.1, 0.15) is 0 Å². The molecule has 0 aliphatic heterocycles. The Morgan fingerprint density at radius 3 is 2.76 bits per heavy atom. The SMILES string of the molecule is CN(Cc1csc(Br)c1)c1ccc(CO)nn1. The van der Waals surface area contributed by atoms with Crippen molar-refractivity contribution in [3.05, 3.63) is 38.6 Å². The maximum atomic E-state index is 8.89. The van der Waals surface area contributed by atoms with Crippen molar-refractivity contribution >= 4 is 33.1 Å². The van der Waals surface area contributed by atoms with Gasteiger partial charge in [-0.2, -0.15) is 5.10 Å². The van der Waals surface area contributed by atoms with Gasteiger partial charge in [-0.25, -0.2) is 0 Å². The quantitative estimate of drug-likeness (QED) is 0.942. The van der Waals surface area contributed by atoms with Gasteiger partial charge in [0.05, 0.1) is 16.1 Å². The first kappa shape index (κ1) is 12.5. The van der Waals surface area contributed by atoms with E-state index in [9.17, 15) is 0 Å². The molecule has 0 aliphatic rings. The topological polar surface area (TPSA) is 49.2 Å². The summed E-state index contributed by atoms with van der Waals surface area (Å²) in [7, 11) is 1.97. The Kier molecular flexibility index (Phi) is 4.09. The minimum Gasteiger partial charge on any atom is -0.390 e. The fourth-order valence-corrected chi connectivity index (χ4v) is 2.62. The van der Waals surface area contributed by atoms with Gasteiger partial charge >= 0.3 is 0 Å². The molecule has 0 amide bonds. The van der Waals surface area contributed by atoms with Crippen molar-refractivity contribution < 1.29 is 5.11 Å². The summed E-state index contributed by atoms with van der Waals surface area (Å²) in [5.41, 5.74) is 1.82. The van der Waals surface area contributed by atoms with E-state index in [1.807, 2.05) is 18.0 Å². The van der Waals surface area contributed by atoms with Crippen molar-refractivity contribution in [3.8, 4) is 0 Å². The second-order valence-electron chi connectivity index (χ2n) is 3.66. The zero-order valence-electron chi connectivity index (χ0n) is 9.30. The first-order chi connectivity index (χ1) is 8.19. The zero-order chi connectivity index (χ0) is 12.3. The molecular weight excluding hydrogens is 302 g/mol. The van der Waals surface area contributed by atoms with E-state index in [-0.39, 0.29) is 6.61 Å². The summed E-state index contributed by atoms with van der Waals surface area (Å²) < 4.78 is 1.13.